The molecule has 0 spiro atoms. The second kappa shape index (κ2) is 41.6. The molecular weight excluding hydrogens is 739 g/mol. The van der Waals surface area contributed by atoms with Gasteiger partial charge in [-0.15, -0.1) is 0 Å². The van der Waals surface area contributed by atoms with Crippen LogP contribution >= 0.6 is 7.82 Å². The average molecular weight is 821 g/mol. The molecule has 57 heavy (non-hydrogen) atoms. The molecule has 0 fully saturated rings. The van der Waals surface area contributed by atoms with E-state index in [0.29, 0.717) is 25.7 Å². The lowest BCUT2D eigenvalue weighted by atomic mass is 10.0. The maximum atomic E-state index is 12.4. The van der Waals surface area contributed by atoms with Crippen molar-refractivity contribution >= 4 is 19.8 Å². The molecule has 3 N–H and O–H groups in total. The SMILES string of the molecule is CCCCCCCC/C=C\CCCCCCCCCCCCCC(=O)O[C@H](COC(=O)CCC/C=C\C/C=C\C/C=C\C/C=C\C=C\[C@@H](O)CC)COP(=O)(O)O. The lowest BCUT2D eigenvalue weighted by molar-refractivity contribution is -0.161. The van der Waals surface area contributed by atoms with Gasteiger partial charge >= 0.3 is 19.8 Å². The first-order valence-corrected chi connectivity index (χ1v) is 23.9. The first-order chi connectivity index (χ1) is 27.7. The number of carbonyl (C=O) groups is 2. The van der Waals surface area contributed by atoms with Gasteiger partial charge < -0.3 is 24.4 Å². The molecule has 0 amide bonds. The highest BCUT2D eigenvalue weighted by Crippen LogP contribution is 2.36. The maximum Gasteiger partial charge on any atom is 0.469 e. The Labute approximate surface area is 347 Å². The Bertz CT molecular complexity index is 1170. The van der Waals surface area contributed by atoms with E-state index in [1.165, 1.54) is 96.3 Å². The first kappa shape index (κ1) is 54.5. The molecule has 0 aliphatic heterocycles. The van der Waals surface area contributed by atoms with Gasteiger partial charge in [0.05, 0.1) is 12.7 Å². The molecule has 0 unspecified atom stereocenters. The lowest BCUT2D eigenvalue weighted by Crippen LogP contribution is -2.29. The zero-order valence-corrected chi connectivity index (χ0v) is 36.7. The molecule has 0 radical (unpaired) electrons. The summed E-state index contributed by atoms with van der Waals surface area (Å²) in [4.78, 5) is 42.9. The standard InChI is InChI=1S/C47H81O9P/c1-3-5-6-7-8-9-10-11-12-13-14-15-16-17-18-23-26-29-32-35-38-41-47(50)56-45(43-55-57(51,52)53)42-54-46(49)40-37-34-31-28-25-22-20-19-21-24-27-30-33-36-39-44(48)4-2/h11-12,20-22,24,28,30-31,33,36,39,44-45,48H,3-10,13-19,23,25-27,29,32,34-35,37-38,40-43H2,1-2H3,(H2,51,52,53)/b12-11-,22-20-,24-21-,31-28-,33-30-,39-36+/t44-,45+/m0/s1. The van der Waals surface area contributed by atoms with Crippen molar-refractivity contribution in [3.05, 3.63) is 72.9 Å². The van der Waals surface area contributed by atoms with Crippen molar-refractivity contribution in [3.8, 4) is 0 Å². The van der Waals surface area contributed by atoms with Crippen LogP contribution in [-0.4, -0.2) is 52.3 Å². The van der Waals surface area contributed by atoms with Gasteiger partial charge in [0, 0.05) is 12.8 Å². The van der Waals surface area contributed by atoms with Gasteiger partial charge in [0.1, 0.15) is 6.61 Å². The maximum absolute atomic E-state index is 12.4. The van der Waals surface area contributed by atoms with Gasteiger partial charge in [-0.1, -0.05) is 177 Å². The number of aliphatic hydroxyl groups is 1. The number of allylic oxidation sites excluding steroid dienone is 11. The average Bonchev–Trinajstić information content (AvgIpc) is 3.18. The van der Waals surface area contributed by atoms with Gasteiger partial charge in [-0.05, 0) is 70.6 Å². The normalized spacial score (nSPS) is 13.7. The summed E-state index contributed by atoms with van der Waals surface area (Å²) < 4.78 is 26.4. The van der Waals surface area contributed by atoms with Crippen molar-refractivity contribution in [3.63, 3.8) is 0 Å². The third-order valence-electron chi connectivity index (χ3n) is 9.37. The summed E-state index contributed by atoms with van der Waals surface area (Å²) in [6.07, 6.45) is 51.5. The predicted octanol–water partition coefficient (Wildman–Crippen LogP) is 12.8. The van der Waals surface area contributed by atoms with Crippen LogP contribution < -0.4 is 0 Å². The minimum atomic E-state index is -4.78. The molecule has 10 heteroatoms. The summed E-state index contributed by atoms with van der Waals surface area (Å²) in [6.45, 7) is 3.31. The van der Waals surface area contributed by atoms with E-state index in [1.54, 1.807) is 6.08 Å². The van der Waals surface area contributed by atoms with Gasteiger partial charge in [-0.2, -0.15) is 0 Å². The van der Waals surface area contributed by atoms with Crippen LogP contribution in [0.4, 0.5) is 0 Å². The van der Waals surface area contributed by atoms with E-state index in [1.807, 2.05) is 37.3 Å². The van der Waals surface area contributed by atoms with Crippen LogP contribution in [0.15, 0.2) is 72.9 Å². The van der Waals surface area contributed by atoms with Crippen molar-refractivity contribution in [1.82, 2.24) is 0 Å². The molecule has 0 aliphatic carbocycles. The lowest BCUT2D eigenvalue weighted by Gasteiger charge is -2.18. The number of esters is 2. The Morgan fingerprint density at radius 2 is 1.00 bits per heavy atom. The molecule has 0 rings (SSSR count). The fourth-order valence-electron chi connectivity index (χ4n) is 5.88. The summed E-state index contributed by atoms with van der Waals surface area (Å²) in [5.74, 6) is -0.974. The van der Waals surface area contributed by atoms with Crippen LogP contribution in [-0.2, 0) is 28.2 Å². The van der Waals surface area contributed by atoms with E-state index in [2.05, 4.69) is 47.9 Å². The number of unbranched alkanes of at least 4 members (excludes halogenated alkanes) is 18. The minimum Gasteiger partial charge on any atom is -0.462 e. The summed E-state index contributed by atoms with van der Waals surface area (Å²) >= 11 is 0. The highest BCUT2D eigenvalue weighted by molar-refractivity contribution is 7.46. The number of carbonyl (C=O) groups excluding carboxylic acids is 2. The zero-order valence-electron chi connectivity index (χ0n) is 35.8. The van der Waals surface area contributed by atoms with E-state index >= 15 is 0 Å². The molecule has 0 saturated carbocycles. The van der Waals surface area contributed by atoms with E-state index < -0.39 is 32.5 Å². The van der Waals surface area contributed by atoms with Gasteiger partial charge in [0.15, 0.2) is 6.10 Å². The number of hydrogen-bond donors (Lipinski definition) is 3. The zero-order chi connectivity index (χ0) is 41.9. The van der Waals surface area contributed by atoms with E-state index in [9.17, 15) is 19.3 Å². The second-order valence-corrected chi connectivity index (χ2v) is 16.1. The molecule has 0 saturated heterocycles. The van der Waals surface area contributed by atoms with Gasteiger partial charge in [0.2, 0.25) is 0 Å². The quantitative estimate of drug-likeness (QED) is 0.0181. The van der Waals surface area contributed by atoms with Gasteiger partial charge in [0.25, 0.3) is 0 Å². The Morgan fingerprint density at radius 3 is 1.54 bits per heavy atom. The second-order valence-electron chi connectivity index (χ2n) is 14.8. The minimum absolute atomic E-state index is 0.172. The fourth-order valence-corrected chi connectivity index (χ4v) is 6.25. The van der Waals surface area contributed by atoms with Gasteiger partial charge in [-0.3, -0.25) is 14.1 Å². The van der Waals surface area contributed by atoms with Crippen LogP contribution in [0.1, 0.15) is 187 Å². The molecule has 0 aromatic rings. The van der Waals surface area contributed by atoms with Crippen LogP contribution in [0.2, 0.25) is 0 Å². The highest BCUT2D eigenvalue weighted by atomic mass is 31.2. The van der Waals surface area contributed by atoms with Crippen molar-refractivity contribution in [2.24, 2.45) is 0 Å². The molecule has 0 aromatic carbocycles. The van der Waals surface area contributed by atoms with Crippen molar-refractivity contribution < 1.29 is 43.0 Å². The molecule has 328 valence electrons. The summed E-state index contributed by atoms with van der Waals surface area (Å²) in [6, 6.07) is 0. The van der Waals surface area contributed by atoms with Crippen molar-refractivity contribution in [1.29, 1.82) is 0 Å². The van der Waals surface area contributed by atoms with Crippen LogP contribution in [0, 0.1) is 0 Å². The number of phosphoric ester groups is 1. The fraction of sp³-hybridized carbons (Fsp3) is 0.702. The molecule has 0 aliphatic rings. The number of rotatable bonds is 40. The Kier molecular flexibility index (Phi) is 39.7. The van der Waals surface area contributed by atoms with Gasteiger partial charge in [-0.25, -0.2) is 4.57 Å². The smallest absolute Gasteiger partial charge is 0.462 e. The van der Waals surface area contributed by atoms with E-state index in [0.717, 1.165) is 38.5 Å². The summed E-state index contributed by atoms with van der Waals surface area (Å²) in [7, 11) is -4.78. The highest BCUT2D eigenvalue weighted by Gasteiger charge is 2.22. The number of aliphatic hydroxyl groups excluding tert-OH is 1. The number of hydrogen-bond acceptors (Lipinski definition) is 7. The monoisotopic (exact) mass is 821 g/mol. The molecule has 0 heterocycles. The molecule has 0 bridgehead atoms. The Balaban J connectivity index is 3.98. The topological polar surface area (TPSA) is 140 Å². The summed E-state index contributed by atoms with van der Waals surface area (Å²) in [5, 5.41) is 9.46. The largest absolute Gasteiger partial charge is 0.469 e. The number of phosphoric acid groups is 1. The molecule has 9 nitrogen and oxygen atoms in total. The Hall–Kier alpha value is -2.55. The third kappa shape index (κ3) is 44.4. The van der Waals surface area contributed by atoms with Crippen LogP contribution in [0.25, 0.3) is 0 Å². The van der Waals surface area contributed by atoms with Crippen molar-refractivity contribution in [2.45, 2.75) is 199 Å². The Morgan fingerprint density at radius 1 is 0.544 bits per heavy atom. The van der Waals surface area contributed by atoms with Crippen LogP contribution in [0.5, 0.6) is 0 Å². The molecular formula is C47H81O9P. The summed E-state index contributed by atoms with van der Waals surface area (Å²) in [5.41, 5.74) is 0. The van der Waals surface area contributed by atoms with E-state index in [4.69, 9.17) is 19.3 Å². The van der Waals surface area contributed by atoms with E-state index in [-0.39, 0.29) is 25.6 Å². The predicted molar refractivity (Wildman–Crippen MR) is 236 cm³/mol. The molecule has 0 aromatic heterocycles. The molecule has 2 atom stereocenters. The first-order valence-electron chi connectivity index (χ1n) is 22.3. The third-order valence-corrected chi connectivity index (χ3v) is 9.85. The number of ether oxygens (including phenoxy) is 2. The van der Waals surface area contributed by atoms with Crippen LogP contribution in [0.3, 0.4) is 0 Å². The van der Waals surface area contributed by atoms with Crippen molar-refractivity contribution in [2.75, 3.05) is 13.2 Å².